The normalized spacial score (nSPS) is 31.7. The van der Waals surface area contributed by atoms with E-state index in [1.165, 1.54) is 16.0 Å². The van der Waals surface area contributed by atoms with Crippen molar-refractivity contribution in [1.29, 1.82) is 0 Å². The minimum atomic E-state index is -0.233. The molecule has 3 unspecified atom stereocenters. The molecule has 0 saturated carbocycles. The van der Waals surface area contributed by atoms with Gasteiger partial charge in [0.15, 0.2) is 0 Å². The summed E-state index contributed by atoms with van der Waals surface area (Å²) in [5, 5.41) is 6.40. The summed E-state index contributed by atoms with van der Waals surface area (Å²) in [6.07, 6.45) is 0.989. The van der Waals surface area contributed by atoms with Crippen molar-refractivity contribution in [3.63, 3.8) is 0 Å². The summed E-state index contributed by atoms with van der Waals surface area (Å²) in [6, 6.07) is 10.6. The molecule has 1 fully saturated rings. The van der Waals surface area contributed by atoms with Gasteiger partial charge in [-0.05, 0) is 17.6 Å². The predicted octanol–water partition coefficient (Wildman–Crippen LogP) is 1.77. The topological polar surface area (TPSA) is 44.4 Å². The lowest BCUT2D eigenvalue weighted by Gasteiger charge is -2.32. The number of hydrogen-bond acceptors (Lipinski definition) is 5. The maximum Gasteiger partial charge on any atom is 0.231 e. The number of benzene rings is 1. The lowest BCUT2D eigenvalue weighted by Crippen LogP contribution is -2.57. The van der Waals surface area contributed by atoms with E-state index in [1.807, 2.05) is 11.8 Å². The van der Waals surface area contributed by atoms with Crippen LogP contribution in [-0.4, -0.2) is 34.8 Å². The van der Waals surface area contributed by atoms with Crippen molar-refractivity contribution in [2.45, 2.75) is 23.8 Å². The number of amides is 1. The fourth-order valence-corrected chi connectivity index (χ4v) is 5.43. The van der Waals surface area contributed by atoms with Crippen molar-refractivity contribution in [3.8, 4) is 0 Å². The maximum atomic E-state index is 12.3. The van der Waals surface area contributed by atoms with Gasteiger partial charge in [0, 0.05) is 24.5 Å². The van der Waals surface area contributed by atoms with Gasteiger partial charge in [-0.2, -0.15) is 0 Å². The third-order valence-corrected chi connectivity index (χ3v) is 6.12. The van der Waals surface area contributed by atoms with E-state index < -0.39 is 0 Å². The van der Waals surface area contributed by atoms with Crippen molar-refractivity contribution in [2.75, 3.05) is 13.1 Å². The summed E-state index contributed by atoms with van der Waals surface area (Å²) in [4.78, 5) is 16.1. The van der Waals surface area contributed by atoms with Crippen LogP contribution in [0.2, 0.25) is 0 Å². The molecule has 22 heavy (non-hydrogen) atoms. The molecule has 0 aromatic heterocycles. The van der Waals surface area contributed by atoms with Crippen LogP contribution >= 0.6 is 24.4 Å². The molecule has 2 N–H and O–H groups in total. The molecule has 6 heteroatoms. The van der Waals surface area contributed by atoms with E-state index in [2.05, 4.69) is 58.5 Å². The molecular weight excluding hydrogens is 314 g/mol. The summed E-state index contributed by atoms with van der Waals surface area (Å²) in [7, 11) is 0. The Morgan fingerprint density at radius 2 is 2.14 bits per heavy atom. The molecule has 116 valence electrons. The molecule has 0 aliphatic carbocycles. The van der Waals surface area contributed by atoms with Gasteiger partial charge in [0.25, 0.3) is 0 Å². The van der Waals surface area contributed by atoms with Gasteiger partial charge in [-0.15, -0.1) is 24.4 Å². The van der Waals surface area contributed by atoms with E-state index >= 15 is 0 Å². The Kier molecular flexibility index (Phi) is 3.94. The van der Waals surface area contributed by atoms with Crippen LogP contribution in [0.4, 0.5) is 0 Å². The SMILES string of the molecule is O=C1NC(S)NC2SC3=C(CCN(Cc4ccccc4)C3)C12. The first-order valence-electron chi connectivity index (χ1n) is 7.60. The van der Waals surface area contributed by atoms with Crippen LogP contribution in [-0.2, 0) is 11.3 Å². The molecule has 1 amide bonds. The number of fused-ring (bicyclic) bond motifs is 2. The molecule has 0 radical (unpaired) electrons. The Morgan fingerprint density at radius 1 is 1.32 bits per heavy atom. The number of rotatable bonds is 2. The second-order valence-electron chi connectivity index (χ2n) is 5.99. The number of hydrogen-bond donors (Lipinski definition) is 3. The van der Waals surface area contributed by atoms with Crippen molar-refractivity contribution in [1.82, 2.24) is 15.5 Å². The molecule has 1 aromatic carbocycles. The van der Waals surface area contributed by atoms with Gasteiger partial charge in [-0.3, -0.25) is 15.0 Å². The Morgan fingerprint density at radius 3 is 2.95 bits per heavy atom. The highest BCUT2D eigenvalue weighted by Gasteiger charge is 2.45. The molecule has 1 aromatic rings. The van der Waals surface area contributed by atoms with Gasteiger partial charge in [0.1, 0.15) is 5.50 Å². The molecule has 4 nitrogen and oxygen atoms in total. The monoisotopic (exact) mass is 333 g/mol. The second kappa shape index (κ2) is 5.92. The highest BCUT2D eigenvalue weighted by atomic mass is 32.2. The van der Waals surface area contributed by atoms with Crippen molar-refractivity contribution in [2.24, 2.45) is 5.92 Å². The first-order valence-corrected chi connectivity index (χ1v) is 8.99. The third kappa shape index (κ3) is 2.69. The molecule has 3 atom stereocenters. The van der Waals surface area contributed by atoms with Crippen LogP contribution < -0.4 is 10.6 Å². The van der Waals surface area contributed by atoms with E-state index in [0.29, 0.717) is 0 Å². The standard InChI is InChI=1S/C16H19N3OS2/c20-14-13-11-6-7-19(8-10-4-2-1-3-5-10)9-12(11)22-15(13)18-16(21)17-14/h1-5,13,15-16,18,21H,6-9H2,(H,17,20). The fraction of sp³-hybridized carbons (Fsp3) is 0.438. The summed E-state index contributed by atoms with van der Waals surface area (Å²) in [6.45, 7) is 2.95. The quantitative estimate of drug-likeness (QED) is 0.722. The van der Waals surface area contributed by atoms with Gasteiger partial charge < -0.3 is 5.32 Å². The minimum Gasteiger partial charge on any atom is -0.331 e. The lowest BCUT2D eigenvalue weighted by atomic mass is 9.91. The van der Waals surface area contributed by atoms with Crippen molar-refractivity contribution < 1.29 is 4.79 Å². The molecular formula is C16H19N3OS2. The molecule has 3 aliphatic rings. The van der Waals surface area contributed by atoms with Gasteiger partial charge in [-0.25, -0.2) is 0 Å². The van der Waals surface area contributed by atoms with E-state index in [4.69, 9.17) is 0 Å². The number of carbonyl (C=O) groups excluding carboxylic acids is 1. The van der Waals surface area contributed by atoms with Gasteiger partial charge in [0.05, 0.1) is 11.3 Å². The number of thioether (sulfide) groups is 1. The van der Waals surface area contributed by atoms with E-state index in [9.17, 15) is 4.79 Å². The van der Waals surface area contributed by atoms with Crippen LogP contribution in [0.5, 0.6) is 0 Å². The minimum absolute atomic E-state index is 0.0118. The maximum absolute atomic E-state index is 12.3. The Labute approximate surface area is 140 Å². The van der Waals surface area contributed by atoms with E-state index in [-0.39, 0.29) is 22.7 Å². The van der Waals surface area contributed by atoms with Crippen LogP contribution in [0.3, 0.4) is 0 Å². The summed E-state index contributed by atoms with van der Waals surface area (Å²) >= 11 is 6.15. The smallest absolute Gasteiger partial charge is 0.231 e. The Hall–Kier alpha value is -0.950. The molecule has 0 bridgehead atoms. The first kappa shape index (κ1) is 14.6. The van der Waals surface area contributed by atoms with Crippen LogP contribution in [0.25, 0.3) is 0 Å². The number of nitrogens with one attached hydrogen (secondary N) is 2. The first-order chi connectivity index (χ1) is 10.7. The average Bonchev–Trinajstić information content (AvgIpc) is 2.85. The summed E-state index contributed by atoms with van der Waals surface area (Å²) in [5.74, 6) is 0.111. The Bertz CT molecular complexity index is 619. The van der Waals surface area contributed by atoms with Gasteiger partial charge >= 0.3 is 0 Å². The van der Waals surface area contributed by atoms with Crippen molar-refractivity contribution >= 4 is 30.3 Å². The van der Waals surface area contributed by atoms with Crippen LogP contribution in [0, 0.1) is 5.92 Å². The predicted molar refractivity (Wildman–Crippen MR) is 92.3 cm³/mol. The van der Waals surface area contributed by atoms with Crippen LogP contribution in [0.15, 0.2) is 40.8 Å². The zero-order chi connectivity index (χ0) is 15.1. The highest BCUT2D eigenvalue weighted by Crippen LogP contribution is 2.46. The fourth-order valence-electron chi connectivity index (χ4n) is 3.47. The molecule has 3 heterocycles. The second-order valence-corrected chi connectivity index (χ2v) is 7.74. The lowest BCUT2D eigenvalue weighted by molar-refractivity contribution is -0.125. The third-order valence-electron chi connectivity index (χ3n) is 4.50. The van der Waals surface area contributed by atoms with E-state index in [0.717, 1.165) is 26.1 Å². The number of thiol groups is 1. The van der Waals surface area contributed by atoms with Gasteiger partial charge in [-0.1, -0.05) is 30.3 Å². The van der Waals surface area contributed by atoms with E-state index in [1.54, 1.807) is 0 Å². The number of nitrogens with zero attached hydrogens (tertiary/aromatic N) is 1. The molecule has 1 saturated heterocycles. The Balaban J connectivity index is 1.48. The number of carbonyl (C=O) groups is 1. The summed E-state index contributed by atoms with van der Waals surface area (Å²) < 4.78 is 0. The zero-order valence-electron chi connectivity index (χ0n) is 12.2. The molecule has 4 rings (SSSR count). The summed E-state index contributed by atoms with van der Waals surface area (Å²) in [5.41, 5.74) is 2.45. The van der Waals surface area contributed by atoms with Crippen LogP contribution in [0.1, 0.15) is 12.0 Å². The highest BCUT2D eigenvalue weighted by molar-refractivity contribution is 8.04. The largest absolute Gasteiger partial charge is 0.331 e. The van der Waals surface area contributed by atoms with Gasteiger partial charge in [0.2, 0.25) is 5.91 Å². The molecule has 0 spiro atoms. The zero-order valence-corrected chi connectivity index (χ0v) is 13.9. The van der Waals surface area contributed by atoms with Crippen molar-refractivity contribution in [3.05, 3.63) is 46.4 Å². The average molecular weight is 333 g/mol. The molecule has 3 aliphatic heterocycles.